The summed E-state index contributed by atoms with van der Waals surface area (Å²) in [7, 11) is 1.54. The van der Waals surface area contributed by atoms with Gasteiger partial charge < -0.3 is 14.7 Å². The summed E-state index contributed by atoms with van der Waals surface area (Å²) in [5, 5.41) is 7.24. The monoisotopic (exact) mass is 397 g/mol. The van der Waals surface area contributed by atoms with E-state index in [0.717, 1.165) is 22.4 Å². The SMILES string of the molecule is Cc1cccc(C)c1NC(=O)CN(C)C(=O)c1cc(-c2cccc(Cl)c2)on1. The molecule has 2 amide bonds. The zero-order valence-electron chi connectivity index (χ0n) is 15.8. The summed E-state index contributed by atoms with van der Waals surface area (Å²) in [6.07, 6.45) is 0. The number of hydrogen-bond acceptors (Lipinski definition) is 4. The van der Waals surface area contributed by atoms with Gasteiger partial charge in [-0.1, -0.05) is 47.1 Å². The molecule has 1 N–H and O–H groups in total. The van der Waals surface area contributed by atoms with Crippen LogP contribution in [0.2, 0.25) is 5.02 Å². The molecule has 0 spiro atoms. The number of aromatic nitrogens is 1. The molecule has 0 aliphatic carbocycles. The van der Waals surface area contributed by atoms with Gasteiger partial charge in [-0.15, -0.1) is 0 Å². The molecule has 0 aliphatic heterocycles. The minimum absolute atomic E-state index is 0.105. The van der Waals surface area contributed by atoms with E-state index in [1.165, 1.54) is 11.0 Å². The lowest BCUT2D eigenvalue weighted by molar-refractivity contribution is -0.116. The number of likely N-dealkylation sites (N-methyl/N-ethyl adjacent to an activating group) is 1. The van der Waals surface area contributed by atoms with Crippen LogP contribution in [0.5, 0.6) is 0 Å². The molecule has 0 atom stereocenters. The fourth-order valence-corrected chi connectivity index (χ4v) is 3.02. The molecule has 0 bridgehead atoms. The lowest BCUT2D eigenvalue weighted by Crippen LogP contribution is -2.35. The summed E-state index contributed by atoms with van der Waals surface area (Å²) in [6, 6.07) is 14.4. The van der Waals surface area contributed by atoms with Crippen molar-refractivity contribution in [3.8, 4) is 11.3 Å². The Balaban J connectivity index is 1.67. The fraction of sp³-hybridized carbons (Fsp3) is 0.190. The van der Waals surface area contributed by atoms with Crippen LogP contribution in [0.25, 0.3) is 11.3 Å². The number of anilines is 1. The Morgan fingerprint density at radius 1 is 1.11 bits per heavy atom. The first-order valence-electron chi connectivity index (χ1n) is 8.69. The molecule has 0 fully saturated rings. The first-order chi connectivity index (χ1) is 13.3. The van der Waals surface area contributed by atoms with Gasteiger partial charge >= 0.3 is 0 Å². The fourth-order valence-electron chi connectivity index (χ4n) is 2.83. The van der Waals surface area contributed by atoms with Gasteiger partial charge in [0, 0.05) is 29.4 Å². The van der Waals surface area contributed by atoms with E-state index in [0.29, 0.717) is 10.8 Å². The van der Waals surface area contributed by atoms with Crippen LogP contribution in [0, 0.1) is 13.8 Å². The summed E-state index contributed by atoms with van der Waals surface area (Å²) in [5.74, 6) is -0.264. The van der Waals surface area contributed by atoms with Crippen LogP contribution in [0.4, 0.5) is 5.69 Å². The van der Waals surface area contributed by atoms with Crippen molar-refractivity contribution in [1.29, 1.82) is 0 Å². The Labute approximate surface area is 168 Å². The van der Waals surface area contributed by atoms with Crippen LogP contribution in [0.15, 0.2) is 53.1 Å². The molecule has 3 rings (SSSR count). The van der Waals surface area contributed by atoms with Crippen molar-refractivity contribution < 1.29 is 14.1 Å². The van der Waals surface area contributed by atoms with Crippen LogP contribution in [-0.2, 0) is 4.79 Å². The normalized spacial score (nSPS) is 10.6. The second kappa shape index (κ2) is 8.27. The van der Waals surface area contributed by atoms with Crippen molar-refractivity contribution in [3.63, 3.8) is 0 Å². The minimum atomic E-state index is -0.409. The Hall–Kier alpha value is -3.12. The zero-order valence-corrected chi connectivity index (χ0v) is 16.6. The van der Waals surface area contributed by atoms with E-state index in [9.17, 15) is 9.59 Å². The molecule has 7 heteroatoms. The van der Waals surface area contributed by atoms with Crippen molar-refractivity contribution in [2.75, 3.05) is 18.9 Å². The van der Waals surface area contributed by atoms with E-state index < -0.39 is 5.91 Å². The zero-order chi connectivity index (χ0) is 20.3. The van der Waals surface area contributed by atoms with Gasteiger partial charge in [0.15, 0.2) is 11.5 Å². The maximum Gasteiger partial charge on any atom is 0.276 e. The maximum atomic E-state index is 12.6. The van der Waals surface area contributed by atoms with Gasteiger partial charge in [-0.25, -0.2) is 0 Å². The second-order valence-corrected chi connectivity index (χ2v) is 7.00. The number of hydrogen-bond donors (Lipinski definition) is 1. The number of nitrogens with one attached hydrogen (secondary N) is 1. The number of carbonyl (C=O) groups excluding carboxylic acids is 2. The van der Waals surface area contributed by atoms with E-state index in [1.54, 1.807) is 25.2 Å². The van der Waals surface area contributed by atoms with Gasteiger partial charge in [0.25, 0.3) is 5.91 Å². The number of amides is 2. The number of carbonyl (C=O) groups is 2. The van der Waals surface area contributed by atoms with Gasteiger partial charge in [-0.3, -0.25) is 9.59 Å². The molecule has 28 heavy (non-hydrogen) atoms. The third kappa shape index (κ3) is 4.40. The number of benzene rings is 2. The molecule has 2 aromatic carbocycles. The summed E-state index contributed by atoms with van der Waals surface area (Å²) < 4.78 is 5.25. The van der Waals surface area contributed by atoms with Crippen LogP contribution in [0.1, 0.15) is 21.6 Å². The Morgan fingerprint density at radius 3 is 2.46 bits per heavy atom. The molecule has 1 aromatic heterocycles. The van der Waals surface area contributed by atoms with Crippen LogP contribution in [-0.4, -0.2) is 35.5 Å². The molecule has 0 saturated carbocycles. The number of nitrogens with zero attached hydrogens (tertiary/aromatic N) is 2. The van der Waals surface area contributed by atoms with E-state index in [1.807, 2.05) is 38.1 Å². The van der Waals surface area contributed by atoms with E-state index >= 15 is 0 Å². The number of rotatable bonds is 5. The van der Waals surface area contributed by atoms with Crippen LogP contribution >= 0.6 is 11.6 Å². The van der Waals surface area contributed by atoms with E-state index in [4.69, 9.17) is 16.1 Å². The summed E-state index contributed by atoms with van der Waals surface area (Å²) >= 11 is 5.98. The smallest absolute Gasteiger partial charge is 0.276 e. The number of aryl methyl sites for hydroxylation is 2. The predicted molar refractivity (Wildman–Crippen MR) is 108 cm³/mol. The molecular formula is C21H20ClN3O3. The molecule has 0 saturated heterocycles. The molecule has 0 unspecified atom stereocenters. The van der Waals surface area contributed by atoms with E-state index in [2.05, 4.69) is 10.5 Å². The standard InChI is InChI=1S/C21H20ClN3O3/c1-13-6-4-7-14(2)20(13)23-19(26)12-25(3)21(27)17-11-18(28-24-17)15-8-5-9-16(22)10-15/h4-11H,12H2,1-3H3,(H,23,26). The molecule has 3 aromatic rings. The van der Waals surface area contributed by atoms with Crippen molar-refractivity contribution >= 4 is 29.1 Å². The molecule has 6 nitrogen and oxygen atoms in total. The van der Waals surface area contributed by atoms with Crippen LogP contribution in [0.3, 0.4) is 0 Å². The van der Waals surface area contributed by atoms with Gasteiger partial charge in [-0.05, 0) is 37.1 Å². The molecular weight excluding hydrogens is 378 g/mol. The number of para-hydroxylation sites is 1. The average Bonchev–Trinajstić information content (AvgIpc) is 3.14. The molecule has 144 valence electrons. The topological polar surface area (TPSA) is 75.4 Å². The minimum Gasteiger partial charge on any atom is -0.355 e. The molecule has 0 aliphatic rings. The van der Waals surface area contributed by atoms with Gasteiger partial charge in [0.2, 0.25) is 5.91 Å². The summed E-state index contributed by atoms with van der Waals surface area (Å²) in [4.78, 5) is 26.2. The third-order valence-electron chi connectivity index (χ3n) is 4.31. The van der Waals surface area contributed by atoms with Gasteiger partial charge in [-0.2, -0.15) is 0 Å². The second-order valence-electron chi connectivity index (χ2n) is 6.56. The van der Waals surface area contributed by atoms with E-state index in [-0.39, 0.29) is 18.1 Å². The highest BCUT2D eigenvalue weighted by atomic mass is 35.5. The van der Waals surface area contributed by atoms with Crippen molar-refractivity contribution in [1.82, 2.24) is 10.1 Å². The average molecular weight is 398 g/mol. The van der Waals surface area contributed by atoms with Crippen molar-refractivity contribution in [2.24, 2.45) is 0 Å². The van der Waals surface area contributed by atoms with Crippen molar-refractivity contribution in [3.05, 3.63) is 70.4 Å². The Kier molecular flexibility index (Phi) is 5.80. The molecule has 1 heterocycles. The number of halogens is 1. The lowest BCUT2D eigenvalue weighted by Gasteiger charge is -2.17. The van der Waals surface area contributed by atoms with Crippen molar-refractivity contribution in [2.45, 2.75) is 13.8 Å². The summed E-state index contributed by atoms with van der Waals surface area (Å²) in [6.45, 7) is 3.74. The first kappa shape index (κ1) is 19.6. The first-order valence-corrected chi connectivity index (χ1v) is 9.07. The third-order valence-corrected chi connectivity index (χ3v) is 4.55. The summed E-state index contributed by atoms with van der Waals surface area (Å²) in [5.41, 5.74) is 3.53. The quantitative estimate of drug-likeness (QED) is 0.695. The lowest BCUT2D eigenvalue weighted by atomic mass is 10.1. The maximum absolute atomic E-state index is 12.6. The Morgan fingerprint density at radius 2 is 1.79 bits per heavy atom. The highest BCUT2D eigenvalue weighted by Crippen LogP contribution is 2.24. The Bertz CT molecular complexity index is 1010. The molecule has 0 radical (unpaired) electrons. The van der Waals surface area contributed by atoms with Gasteiger partial charge in [0.1, 0.15) is 0 Å². The van der Waals surface area contributed by atoms with Gasteiger partial charge in [0.05, 0.1) is 6.54 Å². The largest absolute Gasteiger partial charge is 0.355 e. The predicted octanol–water partition coefficient (Wildman–Crippen LogP) is 4.32. The highest BCUT2D eigenvalue weighted by molar-refractivity contribution is 6.30. The van der Waals surface area contributed by atoms with Crippen LogP contribution < -0.4 is 5.32 Å². The highest BCUT2D eigenvalue weighted by Gasteiger charge is 2.20.